The van der Waals surface area contributed by atoms with Gasteiger partial charge in [-0.2, -0.15) is 0 Å². The topological polar surface area (TPSA) is 109 Å². The Hall–Kier alpha value is -3.43. The summed E-state index contributed by atoms with van der Waals surface area (Å²) >= 11 is 5.82. The quantitative estimate of drug-likeness (QED) is 0.481. The van der Waals surface area contributed by atoms with E-state index in [4.69, 9.17) is 16.3 Å². The van der Waals surface area contributed by atoms with Gasteiger partial charge in [-0.25, -0.2) is 0 Å². The van der Waals surface area contributed by atoms with Crippen molar-refractivity contribution < 1.29 is 9.53 Å². The van der Waals surface area contributed by atoms with Gasteiger partial charge in [0.2, 0.25) is 0 Å². The highest BCUT2D eigenvalue weighted by atomic mass is 35.5. The van der Waals surface area contributed by atoms with E-state index in [1.807, 2.05) is 0 Å². The van der Waals surface area contributed by atoms with Crippen LogP contribution in [-0.2, 0) is 11.4 Å². The molecule has 0 radical (unpaired) electrons. The Kier molecular flexibility index (Phi) is 7.44. The highest BCUT2D eigenvalue weighted by Crippen LogP contribution is 2.14. The molecule has 3 aromatic rings. The number of nitrogens with one attached hydrogen (secondary N) is 2. The number of Topliss-reactive ketones (excluding diaryl/α,β-unsaturated/α-hetero) is 1. The van der Waals surface area contributed by atoms with Crippen LogP contribution in [0.15, 0.2) is 58.4 Å². The summed E-state index contributed by atoms with van der Waals surface area (Å²) in [6, 6.07) is 9.14. The fourth-order valence-electron chi connectivity index (χ4n) is 3.83. The second-order valence-corrected chi connectivity index (χ2v) is 8.67. The first-order valence-electron chi connectivity index (χ1n) is 11.1. The molecule has 0 saturated carbocycles. The Bertz CT molecular complexity index is 1270. The number of carbonyl (C=O) groups excluding carboxylic acids is 1. The second kappa shape index (κ2) is 10.7. The molecule has 4 rings (SSSR count). The number of carbonyl (C=O) groups is 1. The number of ether oxygens (including phenoxy) is 1. The van der Waals surface area contributed by atoms with Gasteiger partial charge in [0.25, 0.3) is 11.1 Å². The number of anilines is 1. The highest BCUT2D eigenvalue weighted by Gasteiger charge is 2.21. The van der Waals surface area contributed by atoms with Gasteiger partial charge in [0, 0.05) is 25.0 Å². The largest absolute Gasteiger partial charge is 0.487 e. The van der Waals surface area contributed by atoms with E-state index in [-0.39, 0.29) is 18.1 Å². The molecule has 1 saturated heterocycles. The van der Waals surface area contributed by atoms with Crippen LogP contribution >= 0.6 is 11.6 Å². The van der Waals surface area contributed by atoms with Crippen molar-refractivity contribution >= 4 is 23.2 Å². The van der Waals surface area contributed by atoms with Gasteiger partial charge in [-0.05, 0) is 63.2 Å². The third kappa shape index (κ3) is 5.92. The fraction of sp³-hybridized carbons (Fsp3) is 0.333. The SMILES string of the molecule is CC(=O)C(CN1CCCC1)Nc1ccc(-n2ccc(OCc3ccc(Cl)cn3)cc2=O)c(=O)[nH]1. The standard InChI is InChI=1S/C24H26ClN5O4/c1-16(31)20(14-29-9-2-3-10-29)27-22-7-6-21(24(33)28-22)30-11-8-19(12-23(30)32)34-15-18-5-4-17(25)13-26-18/h4-8,11-13,20H,2-3,9-10,14-15H2,1H3,(H2,27,28,33). The number of hydrogen-bond acceptors (Lipinski definition) is 7. The summed E-state index contributed by atoms with van der Waals surface area (Å²) in [5.74, 6) is 0.785. The smallest absolute Gasteiger partial charge is 0.273 e. The number of likely N-dealkylation sites (tertiary alicyclic amines) is 1. The van der Waals surface area contributed by atoms with E-state index < -0.39 is 17.2 Å². The summed E-state index contributed by atoms with van der Waals surface area (Å²) in [5, 5.41) is 3.64. The molecule has 1 atom stereocenters. The van der Waals surface area contributed by atoms with E-state index in [1.54, 1.807) is 30.3 Å². The summed E-state index contributed by atoms with van der Waals surface area (Å²) in [4.78, 5) is 46.5. The number of H-pyrrole nitrogens is 1. The predicted molar refractivity (Wildman–Crippen MR) is 130 cm³/mol. The van der Waals surface area contributed by atoms with E-state index in [0.717, 1.165) is 25.9 Å². The van der Waals surface area contributed by atoms with Crippen molar-refractivity contribution in [2.45, 2.75) is 32.4 Å². The maximum atomic E-state index is 12.7. The number of aromatic amines is 1. The molecule has 1 aliphatic rings. The van der Waals surface area contributed by atoms with Crippen LogP contribution in [0.25, 0.3) is 5.69 Å². The van der Waals surface area contributed by atoms with E-state index in [0.29, 0.717) is 28.8 Å². The van der Waals surface area contributed by atoms with Gasteiger partial charge in [-0.3, -0.25) is 23.9 Å². The van der Waals surface area contributed by atoms with Crippen LogP contribution in [-0.4, -0.2) is 50.9 Å². The Labute approximate surface area is 201 Å². The van der Waals surface area contributed by atoms with Crippen LogP contribution in [0.5, 0.6) is 5.75 Å². The Balaban J connectivity index is 1.45. The number of aromatic nitrogens is 3. The van der Waals surface area contributed by atoms with Crippen molar-refractivity contribution in [3.63, 3.8) is 0 Å². The lowest BCUT2D eigenvalue weighted by Crippen LogP contribution is -2.40. The summed E-state index contributed by atoms with van der Waals surface area (Å²) < 4.78 is 6.86. The summed E-state index contributed by atoms with van der Waals surface area (Å²) in [6.45, 7) is 4.24. The first-order chi connectivity index (χ1) is 16.4. The lowest BCUT2D eigenvalue weighted by Gasteiger charge is -2.23. The molecule has 1 unspecified atom stereocenters. The number of rotatable bonds is 9. The molecule has 10 heteroatoms. The minimum absolute atomic E-state index is 0.00238. The minimum Gasteiger partial charge on any atom is -0.487 e. The van der Waals surface area contributed by atoms with Gasteiger partial charge in [0.15, 0.2) is 5.78 Å². The fourth-order valence-corrected chi connectivity index (χ4v) is 3.94. The monoisotopic (exact) mass is 483 g/mol. The van der Waals surface area contributed by atoms with Crippen LogP contribution in [0.4, 0.5) is 5.82 Å². The molecule has 1 aliphatic heterocycles. The normalized spacial score (nSPS) is 14.6. The van der Waals surface area contributed by atoms with Crippen LogP contribution in [0, 0.1) is 0 Å². The molecule has 34 heavy (non-hydrogen) atoms. The van der Waals surface area contributed by atoms with Gasteiger partial charge in [0.05, 0.1) is 16.8 Å². The van der Waals surface area contributed by atoms with E-state index in [2.05, 4.69) is 20.2 Å². The van der Waals surface area contributed by atoms with Gasteiger partial charge in [-0.1, -0.05) is 11.6 Å². The molecule has 0 bridgehead atoms. The van der Waals surface area contributed by atoms with Crippen molar-refractivity contribution in [1.29, 1.82) is 0 Å². The molecule has 0 aromatic carbocycles. The number of nitrogens with zero attached hydrogens (tertiary/aromatic N) is 3. The van der Waals surface area contributed by atoms with Gasteiger partial charge in [0.1, 0.15) is 23.9 Å². The molecule has 9 nitrogen and oxygen atoms in total. The van der Waals surface area contributed by atoms with Gasteiger partial charge < -0.3 is 19.9 Å². The summed E-state index contributed by atoms with van der Waals surface area (Å²) in [7, 11) is 0. The number of pyridine rings is 3. The molecular formula is C24H26ClN5O4. The van der Waals surface area contributed by atoms with Crippen LogP contribution < -0.4 is 21.2 Å². The molecule has 0 aliphatic carbocycles. The Morgan fingerprint density at radius 3 is 2.65 bits per heavy atom. The van der Waals surface area contributed by atoms with Crippen molar-refractivity contribution in [3.8, 4) is 11.4 Å². The molecule has 1 fully saturated rings. The zero-order valence-corrected chi connectivity index (χ0v) is 19.5. The van der Waals surface area contributed by atoms with Crippen LogP contribution in [0.2, 0.25) is 5.02 Å². The highest BCUT2D eigenvalue weighted by molar-refractivity contribution is 6.30. The minimum atomic E-state index is -0.449. The lowest BCUT2D eigenvalue weighted by molar-refractivity contribution is -0.118. The number of halogens is 1. The lowest BCUT2D eigenvalue weighted by atomic mass is 10.2. The predicted octanol–water partition coefficient (Wildman–Crippen LogP) is 2.62. The molecule has 178 valence electrons. The maximum absolute atomic E-state index is 12.7. The Morgan fingerprint density at radius 1 is 1.21 bits per heavy atom. The first kappa shape index (κ1) is 23.7. The second-order valence-electron chi connectivity index (χ2n) is 8.23. The zero-order valence-electron chi connectivity index (χ0n) is 18.8. The molecule has 4 heterocycles. The molecule has 3 aromatic heterocycles. The third-order valence-corrected chi connectivity index (χ3v) is 5.90. The van der Waals surface area contributed by atoms with Crippen LogP contribution in [0.3, 0.4) is 0 Å². The zero-order chi connectivity index (χ0) is 24.1. The summed E-state index contributed by atoms with van der Waals surface area (Å²) in [5.41, 5.74) is -0.0277. The van der Waals surface area contributed by atoms with Crippen molar-refractivity contribution in [2.24, 2.45) is 0 Å². The third-order valence-electron chi connectivity index (χ3n) is 5.67. The van der Waals surface area contributed by atoms with Crippen molar-refractivity contribution in [1.82, 2.24) is 19.4 Å². The maximum Gasteiger partial charge on any atom is 0.273 e. The van der Waals surface area contributed by atoms with Gasteiger partial charge in [-0.15, -0.1) is 0 Å². The molecule has 2 N–H and O–H groups in total. The van der Waals surface area contributed by atoms with Gasteiger partial charge >= 0.3 is 0 Å². The number of ketones is 1. The number of hydrogen-bond donors (Lipinski definition) is 2. The average molecular weight is 484 g/mol. The molecular weight excluding hydrogens is 458 g/mol. The van der Waals surface area contributed by atoms with Crippen molar-refractivity contribution in [3.05, 3.63) is 80.2 Å². The molecule has 0 amide bonds. The van der Waals surface area contributed by atoms with Crippen LogP contribution in [0.1, 0.15) is 25.5 Å². The van der Waals surface area contributed by atoms with E-state index >= 15 is 0 Å². The van der Waals surface area contributed by atoms with E-state index in [1.165, 1.54) is 30.0 Å². The first-order valence-corrected chi connectivity index (χ1v) is 11.5. The van der Waals surface area contributed by atoms with E-state index in [9.17, 15) is 14.4 Å². The summed E-state index contributed by atoms with van der Waals surface area (Å²) in [6.07, 6.45) is 5.27. The Morgan fingerprint density at radius 2 is 2.00 bits per heavy atom. The average Bonchev–Trinajstić information content (AvgIpc) is 3.32. The van der Waals surface area contributed by atoms with Crippen molar-refractivity contribution in [2.75, 3.05) is 25.0 Å². The molecule has 0 spiro atoms.